The number of rotatable bonds is 7. The first-order valence-electron chi connectivity index (χ1n) is 4.92. The van der Waals surface area contributed by atoms with Crippen LogP contribution < -0.4 is 5.32 Å². The lowest BCUT2D eigenvalue weighted by atomic mass is 10.0. The standard InChI is InChI=1S/C10H21NO3/c1-5-6-8(9(12)13)11-10(2,3)7-14-4/h8,11H,5-7H2,1-4H3,(H,12,13). The Morgan fingerprint density at radius 3 is 2.50 bits per heavy atom. The zero-order valence-corrected chi connectivity index (χ0v) is 9.46. The van der Waals surface area contributed by atoms with Crippen molar-refractivity contribution in [3.05, 3.63) is 0 Å². The monoisotopic (exact) mass is 203 g/mol. The molecular formula is C10H21NO3. The molecule has 4 nitrogen and oxygen atoms in total. The topological polar surface area (TPSA) is 58.6 Å². The van der Waals surface area contributed by atoms with Gasteiger partial charge in [0.15, 0.2) is 0 Å². The van der Waals surface area contributed by atoms with Gasteiger partial charge in [-0.1, -0.05) is 13.3 Å². The molecular weight excluding hydrogens is 182 g/mol. The fourth-order valence-electron chi connectivity index (χ4n) is 1.42. The predicted molar refractivity (Wildman–Crippen MR) is 55.4 cm³/mol. The molecule has 4 heteroatoms. The highest BCUT2D eigenvalue weighted by Crippen LogP contribution is 2.07. The van der Waals surface area contributed by atoms with Crippen molar-refractivity contribution in [2.75, 3.05) is 13.7 Å². The maximum Gasteiger partial charge on any atom is 0.320 e. The number of nitrogens with one attached hydrogen (secondary N) is 1. The number of ether oxygens (including phenoxy) is 1. The van der Waals surface area contributed by atoms with E-state index in [-0.39, 0.29) is 5.54 Å². The third-order valence-corrected chi connectivity index (χ3v) is 1.95. The van der Waals surface area contributed by atoms with Crippen LogP contribution in [0.2, 0.25) is 0 Å². The predicted octanol–water partition coefficient (Wildman–Crippen LogP) is 1.25. The Bertz CT molecular complexity index is 180. The first-order chi connectivity index (χ1) is 6.43. The summed E-state index contributed by atoms with van der Waals surface area (Å²) in [6.07, 6.45) is 1.50. The van der Waals surface area contributed by atoms with Gasteiger partial charge in [-0.05, 0) is 20.3 Å². The highest BCUT2D eigenvalue weighted by molar-refractivity contribution is 5.73. The summed E-state index contributed by atoms with van der Waals surface area (Å²) in [5.74, 6) is -0.795. The van der Waals surface area contributed by atoms with Gasteiger partial charge >= 0.3 is 5.97 Å². The van der Waals surface area contributed by atoms with E-state index in [0.29, 0.717) is 13.0 Å². The number of hydrogen-bond acceptors (Lipinski definition) is 3. The van der Waals surface area contributed by atoms with Crippen molar-refractivity contribution in [2.45, 2.75) is 45.2 Å². The molecule has 0 amide bonds. The fourth-order valence-corrected chi connectivity index (χ4v) is 1.42. The van der Waals surface area contributed by atoms with Gasteiger partial charge in [0, 0.05) is 12.6 Å². The van der Waals surface area contributed by atoms with Gasteiger partial charge in [0.2, 0.25) is 0 Å². The van der Waals surface area contributed by atoms with Crippen molar-refractivity contribution in [2.24, 2.45) is 0 Å². The summed E-state index contributed by atoms with van der Waals surface area (Å²) in [7, 11) is 1.61. The third kappa shape index (κ3) is 5.19. The van der Waals surface area contributed by atoms with Gasteiger partial charge in [0.05, 0.1) is 6.61 Å². The quantitative estimate of drug-likeness (QED) is 0.654. The summed E-state index contributed by atoms with van der Waals surface area (Å²) >= 11 is 0. The van der Waals surface area contributed by atoms with E-state index in [2.05, 4.69) is 5.32 Å². The fraction of sp³-hybridized carbons (Fsp3) is 0.900. The van der Waals surface area contributed by atoms with E-state index < -0.39 is 12.0 Å². The zero-order valence-electron chi connectivity index (χ0n) is 9.46. The summed E-state index contributed by atoms with van der Waals surface area (Å²) in [5.41, 5.74) is -0.299. The van der Waals surface area contributed by atoms with Crippen molar-refractivity contribution in [1.29, 1.82) is 0 Å². The molecule has 2 N–H and O–H groups in total. The summed E-state index contributed by atoms with van der Waals surface area (Å²) in [5, 5.41) is 12.0. The molecule has 0 aliphatic heterocycles. The average Bonchev–Trinajstić information content (AvgIpc) is 2.02. The van der Waals surface area contributed by atoms with Crippen LogP contribution in [-0.4, -0.2) is 36.4 Å². The SMILES string of the molecule is CCCC(NC(C)(C)COC)C(=O)O. The Morgan fingerprint density at radius 1 is 1.57 bits per heavy atom. The Morgan fingerprint density at radius 2 is 2.14 bits per heavy atom. The molecule has 0 rings (SSSR count). The summed E-state index contributed by atoms with van der Waals surface area (Å²) in [4.78, 5) is 10.9. The van der Waals surface area contributed by atoms with Crippen LogP contribution in [0.4, 0.5) is 0 Å². The minimum Gasteiger partial charge on any atom is -0.480 e. The lowest BCUT2D eigenvalue weighted by molar-refractivity contribution is -0.140. The van der Waals surface area contributed by atoms with Crippen LogP contribution in [-0.2, 0) is 9.53 Å². The average molecular weight is 203 g/mol. The number of methoxy groups -OCH3 is 1. The van der Waals surface area contributed by atoms with Crippen LogP contribution in [0.15, 0.2) is 0 Å². The van der Waals surface area contributed by atoms with Gasteiger partial charge in [-0.3, -0.25) is 10.1 Å². The molecule has 0 spiro atoms. The Kier molecular flexibility index (Phi) is 5.72. The van der Waals surface area contributed by atoms with E-state index >= 15 is 0 Å². The minimum absolute atomic E-state index is 0.299. The number of carbonyl (C=O) groups is 1. The van der Waals surface area contributed by atoms with Gasteiger partial charge in [-0.25, -0.2) is 0 Å². The van der Waals surface area contributed by atoms with E-state index in [1.807, 2.05) is 20.8 Å². The molecule has 0 aromatic heterocycles. The second kappa shape index (κ2) is 5.98. The normalized spacial score (nSPS) is 14.0. The summed E-state index contributed by atoms with van der Waals surface area (Å²) < 4.78 is 5.01. The highest BCUT2D eigenvalue weighted by Gasteiger charge is 2.25. The third-order valence-electron chi connectivity index (χ3n) is 1.95. The molecule has 0 heterocycles. The highest BCUT2D eigenvalue weighted by atomic mass is 16.5. The molecule has 0 aliphatic carbocycles. The van der Waals surface area contributed by atoms with E-state index in [1.54, 1.807) is 7.11 Å². The van der Waals surface area contributed by atoms with Gasteiger partial charge in [-0.15, -0.1) is 0 Å². The molecule has 0 saturated heterocycles. The summed E-state index contributed by atoms with van der Waals surface area (Å²) in [6.45, 7) is 6.34. The van der Waals surface area contributed by atoms with Crippen LogP contribution in [0, 0.1) is 0 Å². The minimum atomic E-state index is -0.795. The van der Waals surface area contributed by atoms with E-state index in [0.717, 1.165) is 6.42 Å². The maximum atomic E-state index is 10.9. The van der Waals surface area contributed by atoms with Crippen molar-refractivity contribution >= 4 is 5.97 Å². The molecule has 0 radical (unpaired) electrons. The number of carboxylic acids is 1. The molecule has 0 aromatic rings. The van der Waals surface area contributed by atoms with Gasteiger partial charge in [-0.2, -0.15) is 0 Å². The second-order valence-electron chi connectivity index (χ2n) is 4.14. The van der Waals surface area contributed by atoms with Crippen molar-refractivity contribution < 1.29 is 14.6 Å². The van der Waals surface area contributed by atoms with Crippen LogP contribution >= 0.6 is 0 Å². The Hall–Kier alpha value is -0.610. The lowest BCUT2D eigenvalue weighted by Gasteiger charge is -2.29. The van der Waals surface area contributed by atoms with E-state index in [4.69, 9.17) is 9.84 Å². The first-order valence-corrected chi connectivity index (χ1v) is 4.92. The largest absolute Gasteiger partial charge is 0.480 e. The molecule has 84 valence electrons. The van der Waals surface area contributed by atoms with Crippen molar-refractivity contribution in [3.63, 3.8) is 0 Å². The van der Waals surface area contributed by atoms with E-state index in [1.165, 1.54) is 0 Å². The van der Waals surface area contributed by atoms with Crippen molar-refractivity contribution in [1.82, 2.24) is 5.32 Å². The number of carboxylic acid groups (broad SMARTS) is 1. The maximum absolute atomic E-state index is 10.9. The second-order valence-corrected chi connectivity index (χ2v) is 4.14. The first kappa shape index (κ1) is 13.4. The van der Waals surface area contributed by atoms with Gasteiger partial charge in [0.25, 0.3) is 0 Å². The van der Waals surface area contributed by atoms with Crippen LogP contribution in [0.25, 0.3) is 0 Å². The number of aliphatic carboxylic acids is 1. The molecule has 0 aromatic carbocycles. The smallest absolute Gasteiger partial charge is 0.320 e. The molecule has 0 saturated carbocycles. The van der Waals surface area contributed by atoms with Gasteiger partial charge in [0.1, 0.15) is 6.04 Å². The molecule has 1 atom stereocenters. The molecule has 14 heavy (non-hydrogen) atoms. The molecule has 1 unspecified atom stereocenters. The molecule has 0 fully saturated rings. The lowest BCUT2D eigenvalue weighted by Crippen LogP contribution is -2.51. The summed E-state index contributed by atoms with van der Waals surface area (Å²) in [6, 6.07) is -0.481. The van der Waals surface area contributed by atoms with Crippen LogP contribution in [0.3, 0.4) is 0 Å². The van der Waals surface area contributed by atoms with Gasteiger partial charge < -0.3 is 9.84 Å². The van der Waals surface area contributed by atoms with Crippen LogP contribution in [0.5, 0.6) is 0 Å². The van der Waals surface area contributed by atoms with Crippen LogP contribution in [0.1, 0.15) is 33.6 Å². The number of hydrogen-bond donors (Lipinski definition) is 2. The zero-order chi connectivity index (χ0) is 11.2. The van der Waals surface area contributed by atoms with E-state index in [9.17, 15) is 4.79 Å². The van der Waals surface area contributed by atoms with Crippen molar-refractivity contribution in [3.8, 4) is 0 Å². The molecule has 0 aliphatic rings. The molecule has 0 bridgehead atoms. The Labute approximate surface area is 85.6 Å². The Balaban J connectivity index is 4.20.